The Labute approximate surface area is 111 Å². The van der Waals surface area contributed by atoms with Crippen LogP contribution < -0.4 is 5.56 Å². The number of hydrogen-bond acceptors (Lipinski definition) is 5. The van der Waals surface area contributed by atoms with Crippen molar-refractivity contribution in [2.75, 3.05) is 0 Å². The van der Waals surface area contributed by atoms with Gasteiger partial charge in [-0.05, 0) is 23.2 Å². The van der Waals surface area contributed by atoms with Crippen molar-refractivity contribution in [1.29, 1.82) is 0 Å². The number of fused-ring (bicyclic) bond motifs is 1. The summed E-state index contributed by atoms with van der Waals surface area (Å²) >= 11 is 0. The van der Waals surface area contributed by atoms with Crippen LogP contribution in [0.15, 0.2) is 9.42 Å². The Morgan fingerprint density at radius 1 is 1.05 bits per heavy atom. The molecule has 2 rings (SSSR count). The summed E-state index contributed by atoms with van der Waals surface area (Å²) in [5, 5.41) is 7.19. The molecule has 0 spiro atoms. The molecule has 0 unspecified atom stereocenters. The molecule has 0 saturated heterocycles. The Kier molecular flexibility index (Phi) is 5.06. The van der Waals surface area contributed by atoms with E-state index in [1.165, 1.54) is 32.1 Å². The number of aromatic nitrogens is 4. The van der Waals surface area contributed by atoms with Gasteiger partial charge < -0.3 is 0 Å². The van der Waals surface area contributed by atoms with Gasteiger partial charge in [0.2, 0.25) is 11.3 Å². The minimum Gasteiger partial charge on any atom is -0.299 e. The van der Waals surface area contributed by atoms with Gasteiger partial charge in [-0.3, -0.25) is 9.78 Å². The molecule has 0 saturated carbocycles. The minimum atomic E-state index is -0.186. The van der Waals surface area contributed by atoms with Crippen LogP contribution in [0, 0.1) is 0 Å². The van der Waals surface area contributed by atoms with Crippen LogP contribution in [0.25, 0.3) is 11.3 Å². The monoisotopic (exact) mass is 264 g/mol. The van der Waals surface area contributed by atoms with Crippen LogP contribution in [0.3, 0.4) is 0 Å². The van der Waals surface area contributed by atoms with E-state index in [4.69, 9.17) is 0 Å². The van der Waals surface area contributed by atoms with Crippen LogP contribution >= 0.6 is 0 Å². The third-order valence-corrected chi connectivity index (χ3v) is 3.22. The molecule has 19 heavy (non-hydrogen) atoms. The van der Waals surface area contributed by atoms with E-state index in [9.17, 15) is 4.79 Å². The molecule has 0 bridgehead atoms. The Bertz CT molecular complexity index is 561. The highest BCUT2D eigenvalue weighted by atomic mass is 16.6. The molecular weight excluding hydrogens is 244 g/mol. The zero-order valence-electron chi connectivity index (χ0n) is 11.3. The Hall–Kier alpha value is -1.72. The van der Waals surface area contributed by atoms with Crippen molar-refractivity contribution < 1.29 is 4.63 Å². The number of nitrogens with zero attached hydrogens (tertiary/aromatic N) is 3. The van der Waals surface area contributed by atoms with Crippen molar-refractivity contribution in [3.63, 3.8) is 0 Å². The van der Waals surface area contributed by atoms with Gasteiger partial charge in [-0.2, -0.15) is 0 Å². The number of H-pyrrole nitrogens is 1. The fourth-order valence-corrected chi connectivity index (χ4v) is 2.11. The average molecular weight is 264 g/mol. The van der Waals surface area contributed by atoms with E-state index in [1.807, 2.05) is 0 Å². The van der Waals surface area contributed by atoms with Gasteiger partial charge in [-0.1, -0.05) is 45.4 Å². The summed E-state index contributed by atoms with van der Waals surface area (Å²) in [5.41, 5.74) is 1.02. The van der Waals surface area contributed by atoms with Crippen LogP contribution in [0.2, 0.25) is 0 Å². The Morgan fingerprint density at radius 3 is 2.58 bits per heavy atom. The van der Waals surface area contributed by atoms with Crippen molar-refractivity contribution >= 4 is 11.3 Å². The van der Waals surface area contributed by atoms with Gasteiger partial charge in [0.25, 0.3) is 5.56 Å². The first-order valence-electron chi connectivity index (χ1n) is 7.02. The summed E-state index contributed by atoms with van der Waals surface area (Å²) in [6.45, 7) is 2.22. The van der Waals surface area contributed by atoms with Crippen molar-refractivity contribution in [1.82, 2.24) is 20.3 Å². The van der Waals surface area contributed by atoms with Gasteiger partial charge in [-0.15, -0.1) is 0 Å². The number of rotatable bonds is 8. The summed E-state index contributed by atoms with van der Waals surface area (Å²) in [7, 11) is 0. The lowest BCUT2D eigenvalue weighted by Crippen LogP contribution is -2.15. The summed E-state index contributed by atoms with van der Waals surface area (Å²) in [4.78, 5) is 18.5. The zero-order chi connectivity index (χ0) is 13.5. The number of nitrogens with one attached hydrogen (secondary N) is 1. The van der Waals surface area contributed by atoms with Gasteiger partial charge in [0.1, 0.15) is 5.69 Å². The van der Waals surface area contributed by atoms with E-state index in [0.717, 1.165) is 12.8 Å². The Balaban J connectivity index is 1.78. The molecule has 104 valence electrons. The van der Waals surface area contributed by atoms with Gasteiger partial charge in [-0.25, -0.2) is 9.61 Å². The fraction of sp³-hybridized carbons (Fsp3) is 0.692. The minimum absolute atomic E-state index is 0.186. The molecule has 2 aromatic rings. The molecule has 2 heterocycles. The molecule has 0 aromatic carbocycles. The topological polar surface area (TPSA) is 84.7 Å². The SMILES string of the molecule is CCCCCCCCCc1nc2nonc2[nH]c1=O. The maximum Gasteiger partial charge on any atom is 0.271 e. The summed E-state index contributed by atoms with van der Waals surface area (Å²) in [6.07, 6.45) is 9.22. The highest BCUT2D eigenvalue weighted by Gasteiger charge is 2.08. The highest BCUT2D eigenvalue weighted by Crippen LogP contribution is 2.09. The molecule has 1 N–H and O–H groups in total. The lowest BCUT2D eigenvalue weighted by molar-refractivity contribution is 0.314. The normalized spacial score (nSPS) is 11.2. The quantitative estimate of drug-likeness (QED) is 0.741. The molecule has 2 aromatic heterocycles. The molecule has 0 radical (unpaired) electrons. The van der Waals surface area contributed by atoms with Gasteiger partial charge in [0, 0.05) is 0 Å². The molecule has 0 aliphatic carbocycles. The van der Waals surface area contributed by atoms with Crippen molar-refractivity contribution in [3.8, 4) is 0 Å². The van der Waals surface area contributed by atoms with Gasteiger partial charge in [0.15, 0.2) is 0 Å². The van der Waals surface area contributed by atoms with Gasteiger partial charge in [0.05, 0.1) is 0 Å². The standard InChI is InChI=1S/C13H20N4O2/c1-2-3-4-5-6-7-8-9-10-13(18)15-12-11(14-10)16-19-17-12/h2-9H2,1H3,(H,15,17,18). The molecule has 6 nitrogen and oxygen atoms in total. The van der Waals surface area contributed by atoms with Crippen molar-refractivity contribution in [2.45, 2.75) is 58.3 Å². The Morgan fingerprint density at radius 2 is 1.79 bits per heavy atom. The molecule has 0 atom stereocenters. The maximum atomic E-state index is 11.7. The van der Waals surface area contributed by atoms with E-state index in [2.05, 4.69) is 31.8 Å². The van der Waals surface area contributed by atoms with Crippen LogP contribution in [0.1, 0.15) is 57.6 Å². The maximum absolute atomic E-state index is 11.7. The molecular formula is C13H20N4O2. The smallest absolute Gasteiger partial charge is 0.271 e. The van der Waals surface area contributed by atoms with Gasteiger partial charge >= 0.3 is 0 Å². The highest BCUT2D eigenvalue weighted by molar-refractivity contribution is 5.61. The lowest BCUT2D eigenvalue weighted by atomic mass is 10.1. The van der Waals surface area contributed by atoms with Crippen molar-refractivity contribution in [3.05, 3.63) is 16.0 Å². The predicted molar refractivity (Wildman–Crippen MR) is 71.9 cm³/mol. The van der Waals surface area contributed by atoms with E-state index < -0.39 is 0 Å². The lowest BCUT2D eigenvalue weighted by Gasteiger charge is -2.00. The van der Waals surface area contributed by atoms with Crippen molar-refractivity contribution in [2.24, 2.45) is 0 Å². The van der Waals surface area contributed by atoms with E-state index in [0.29, 0.717) is 23.4 Å². The molecule has 0 aliphatic heterocycles. The summed E-state index contributed by atoms with van der Waals surface area (Å²) < 4.78 is 4.52. The summed E-state index contributed by atoms with van der Waals surface area (Å²) in [6, 6.07) is 0. The number of aromatic amines is 1. The van der Waals surface area contributed by atoms with E-state index >= 15 is 0 Å². The molecule has 0 amide bonds. The first kappa shape index (κ1) is 13.7. The average Bonchev–Trinajstić information content (AvgIpc) is 2.84. The summed E-state index contributed by atoms with van der Waals surface area (Å²) in [5.74, 6) is 0. The third-order valence-electron chi connectivity index (χ3n) is 3.22. The second-order valence-corrected chi connectivity index (χ2v) is 4.82. The first-order chi connectivity index (χ1) is 9.31. The molecule has 0 fully saturated rings. The van der Waals surface area contributed by atoms with E-state index in [1.54, 1.807) is 0 Å². The number of hydrogen-bond donors (Lipinski definition) is 1. The number of aryl methyl sites for hydroxylation is 1. The van der Waals surface area contributed by atoms with E-state index in [-0.39, 0.29) is 5.56 Å². The second kappa shape index (κ2) is 7.01. The largest absolute Gasteiger partial charge is 0.299 e. The third kappa shape index (κ3) is 3.87. The molecule has 6 heteroatoms. The van der Waals surface area contributed by atoms with Crippen LogP contribution in [0.4, 0.5) is 0 Å². The number of unbranched alkanes of at least 4 members (excludes halogenated alkanes) is 6. The molecule has 0 aliphatic rings. The fourth-order valence-electron chi connectivity index (χ4n) is 2.11. The zero-order valence-corrected chi connectivity index (χ0v) is 11.3. The first-order valence-corrected chi connectivity index (χ1v) is 7.02. The van der Waals surface area contributed by atoms with Crippen LogP contribution in [-0.2, 0) is 6.42 Å². The van der Waals surface area contributed by atoms with Crippen LogP contribution in [0.5, 0.6) is 0 Å². The van der Waals surface area contributed by atoms with Crippen LogP contribution in [-0.4, -0.2) is 20.3 Å². The predicted octanol–water partition coefficient (Wildman–Crippen LogP) is 2.60. The second-order valence-electron chi connectivity index (χ2n) is 4.82.